The first-order valence-electron chi connectivity index (χ1n) is 14.2. The summed E-state index contributed by atoms with van der Waals surface area (Å²) < 4.78 is 54.7. The van der Waals surface area contributed by atoms with E-state index >= 15 is 4.39 Å². The van der Waals surface area contributed by atoms with Gasteiger partial charge in [0.25, 0.3) is 0 Å². The van der Waals surface area contributed by atoms with E-state index in [1.54, 1.807) is 32.9 Å². The first kappa shape index (κ1) is 33.1. The Labute approximate surface area is 259 Å². The van der Waals surface area contributed by atoms with Crippen LogP contribution in [0.2, 0.25) is 5.02 Å². The third-order valence-electron chi connectivity index (χ3n) is 7.32. The summed E-state index contributed by atoms with van der Waals surface area (Å²) in [6.07, 6.45) is 2.16. The van der Waals surface area contributed by atoms with Gasteiger partial charge in [0.15, 0.2) is 0 Å². The molecule has 0 aliphatic carbocycles. The molecule has 0 unspecified atom stereocenters. The zero-order chi connectivity index (χ0) is 32.0. The highest BCUT2D eigenvalue weighted by Gasteiger charge is 2.35. The number of Topliss-reactive ketones (excluding diaryl/α,β-unsaturated/α-hetero) is 1. The van der Waals surface area contributed by atoms with E-state index in [4.69, 9.17) is 21.1 Å². The Balaban J connectivity index is 1.49. The monoisotopic (exact) mass is 630 g/mol. The molecule has 44 heavy (non-hydrogen) atoms. The molecule has 1 aromatic heterocycles. The highest BCUT2D eigenvalue weighted by molar-refractivity contribution is 6.30. The maximum absolute atomic E-state index is 15.0. The maximum Gasteiger partial charge on any atom is 0.411 e. The number of aldehydes is 1. The van der Waals surface area contributed by atoms with E-state index in [2.05, 4.69) is 4.98 Å². The van der Waals surface area contributed by atoms with Gasteiger partial charge >= 0.3 is 6.09 Å². The molecule has 234 valence electrons. The van der Waals surface area contributed by atoms with Gasteiger partial charge in [0.2, 0.25) is 0 Å². The Morgan fingerprint density at radius 3 is 2.55 bits per heavy atom. The van der Waals surface area contributed by atoms with Crippen molar-refractivity contribution in [1.82, 2.24) is 9.88 Å². The van der Waals surface area contributed by atoms with Crippen molar-refractivity contribution in [2.24, 2.45) is 0 Å². The van der Waals surface area contributed by atoms with Crippen molar-refractivity contribution in [1.29, 1.82) is 0 Å². The molecular weight excluding hydrogens is 597 g/mol. The van der Waals surface area contributed by atoms with Crippen LogP contribution in [0, 0.1) is 17.5 Å². The lowest BCUT2D eigenvalue weighted by molar-refractivity contribution is -0.123. The zero-order valence-electron chi connectivity index (χ0n) is 24.7. The molecule has 1 saturated heterocycles. The smallest absolute Gasteiger partial charge is 0.411 e. The van der Waals surface area contributed by atoms with Crippen molar-refractivity contribution in [2.45, 2.75) is 70.1 Å². The summed E-state index contributed by atoms with van der Waals surface area (Å²) in [5.74, 6) is -2.72. The Morgan fingerprint density at radius 1 is 1.11 bits per heavy atom. The number of halogens is 4. The molecule has 7 nitrogen and oxygen atoms in total. The molecule has 11 heteroatoms. The van der Waals surface area contributed by atoms with Crippen LogP contribution in [0.25, 0.3) is 0 Å². The molecule has 2 aromatic carbocycles. The molecule has 2 heterocycles. The standard InChI is InChI=1S/C33H34ClF3N2O5/c1-33(2,3)44-32(42)39-17-26(43-19-24(39)18-40)8-9-27-22(15-38-16-31(27)37)12-25(41)14-28(20-5-4-6-23(35)11-20)21-7-10-29(34)30(36)13-21/h4-7,10-11,13,15-16,18,24,26,28H,8-9,12,14,17,19H2,1-3H3/t24-,26-,28-/m1/s1. The fraction of sp³-hybridized carbons (Fsp3) is 0.394. The van der Waals surface area contributed by atoms with Crippen LogP contribution in [0.5, 0.6) is 0 Å². The molecule has 1 fully saturated rings. The predicted molar refractivity (Wildman–Crippen MR) is 158 cm³/mol. The number of benzene rings is 2. The average Bonchev–Trinajstić information content (AvgIpc) is 2.96. The number of nitrogens with zero attached hydrogens (tertiary/aromatic N) is 2. The molecule has 0 N–H and O–H groups in total. The second-order valence-electron chi connectivity index (χ2n) is 11.8. The molecule has 4 rings (SSSR count). The number of carbonyl (C=O) groups is 3. The van der Waals surface area contributed by atoms with Crippen LogP contribution in [0.15, 0.2) is 54.9 Å². The number of carbonyl (C=O) groups excluding carboxylic acids is 3. The summed E-state index contributed by atoms with van der Waals surface area (Å²) in [6, 6.07) is 9.12. The second-order valence-corrected chi connectivity index (χ2v) is 12.2. The number of pyridine rings is 1. The van der Waals surface area contributed by atoms with Gasteiger partial charge in [-0.3, -0.25) is 14.7 Å². The van der Waals surface area contributed by atoms with Crippen molar-refractivity contribution in [3.63, 3.8) is 0 Å². The average molecular weight is 631 g/mol. The fourth-order valence-corrected chi connectivity index (χ4v) is 5.30. The molecule has 1 amide bonds. The maximum atomic E-state index is 15.0. The molecule has 0 bridgehead atoms. The molecule has 0 radical (unpaired) electrons. The van der Waals surface area contributed by atoms with Crippen LogP contribution in [0.3, 0.4) is 0 Å². The van der Waals surface area contributed by atoms with Gasteiger partial charge in [-0.25, -0.2) is 18.0 Å². The SMILES string of the molecule is CC(C)(C)OC(=O)N1C[C@@H](CCc2c(F)cncc2CC(=O)C[C@H](c2cccc(F)c2)c2ccc(Cl)c(F)c2)OC[C@H]1C=O. The van der Waals surface area contributed by atoms with E-state index < -0.39 is 47.2 Å². The van der Waals surface area contributed by atoms with Crippen molar-refractivity contribution < 1.29 is 37.0 Å². The molecule has 0 spiro atoms. The Bertz CT molecular complexity index is 1510. The van der Waals surface area contributed by atoms with Crippen molar-refractivity contribution in [2.75, 3.05) is 13.2 Å². The van der Waals surface area contributed by atoms with E-state index in [0.717, 1.165) is 6.20 Å². The van der Waals surface area contributed by atoms with Gasteiger partial charge in [-0.2, -0.15) is 0 Å². The van der Waals surface area contributed by atoms with Gasteiger partial charge in [-0.15, -0.1) is 0 Å². The van der Waals surface area contributed by atoms with Gasteiger partial charge in [0, 0.05) is 25.0 Å². The molecule has 3 atom stereocenters. The van der Waals surface area contributed by atoms with Gasteiger partial charge < -0.3 is 14.3 Å². The summed E-state index contributed by atoms with van der Waals surface area (Å²) >= 11 is 5.86. The van der Waals surface area contributed by atoms with Crippen molar-refractivity contribution in [3.05, 3.63) is 99.6 Å². The minimum Gasteiger partial charge on any atom is -0.444 e. The fourth-order valence-electron chi connectivity index (χ4n) is 5.18. The van der Waals surface area contributed by atoms with Crippen LogP contribution >= 0.6 is 11.6 Å². The molecule has 1 aliphatic rings. The Hall–Kier alpha value is -3.76. The number of ether oxygens (including phenoxy) is 2. The van der Waals surface area contributed by atoms with Gasteiger partial charge in [0.05, 0.1) is 30.5 Å². The topological polar surface area (TPSA) is 85.8 Å². The van der Waals surface area contributed by atoms with E-state index in [9.17, 15) is 23.2 Å². The number of hydrogen-bond donors (Lipinski definition) is 0. The largest absolute Gasteiger partial charge is 0.444 e. The lowest BCUT2D eigenvalue weighted by atomic mass is 9.85. The van der Waals surface area contributed by atoms with E-state index in [-0.39, 0.29) is 48.8 Å². The lowest BCUT2D eigenvalue weighted by Crippen LogP contribution is -2.54. The number of ketones is 1. The van der Waals surface area contributed by atoms with Gasteiger partial charge in [-0.05, 0) is 80.1 Å². The number of rotatable bonds is 10. The summed E-state index contributed by atoms with van der Waals surface area (Å²) in [5, 5.41) is -0.0774. The van der Waals surface area contributed by atoms with Gasteiger partial charge in [0.1, 0.15) is 41.2 Å². The number of hydrogen-bond acceptors (Lipinski definition) is 6. The van der Waals surface area contributed by atoms with Crippen LogP contribution in [0.4, 0.5) is 18.0 Å². The first-order valence-corrected chi connectivity index (χ1v) is 14.6. The Kier molecular flexibility index (Phi) is 10.8. The van der Waals surface area contributed by atoms with Crippen molar-refractivity contribution in [3.8, 4) is 0 Å². The zero-order valence-corrected chi connectivity index (χ0v) is 25.5. The van der Waals surface area contributed by atoms with Crippen LogP contribution in [-0.2, 0) is 31.9 Å². The first-order chi connectivity index (χ1) is 20.8. The number of morpholine rings is 1. The lowest BCUT2D eigenvalue weighted by Gasteiger charge is -2.38. The third kappa shape index (κ3) is 8.66. The quantitative estimate of drug-likeness (QED) is 0.234. The minimum absolute atomic E-state index is 0.0235. The normalized spacial score (nSPS) is 17.7. The van der Waals surface area contributed by atoms with E-state index in [0.29, 0.717) is 29.4 Å². The number of aromatic nitrogens is 1. The molecule has 3 aromatic rings. The highest BCUT2D eigenvalue weighted by Crippen LogP contribution is 2.32. The predicted octanol–water partition coefficient (Wildman–Crippen LogP) is 6.62. The molecular formula is C33H34ClF3N2O5. The Morgan fingerprint density at radius 2 is 1.86 bits per heavy atom. The van der Waals surface area contributed by atoms with Gasteiger partial charge in [-0.1, -0.05) is 29.8 Å². The highest BCUT2D eigenvalue weighted by atomic mass is 35.5. The van der Waals surface area contributed by atoms with E-state index in [1.165, 1.54) is 41.4 Å². The van der Waals surface area contributed by atoms with Crippen LogP contribution in [0.1, 0.15) is 61.8 Å². The second kappa shape index (κ2) is 14.3. The molecule has 0 saturated carbocycles. The van der Waals surface area contributed by atoms with Crippen LogP contribution in [-0.4, -0.2) is 58.9 Å². The van der Waals surface area contributed by atoms with Crippen LogP contribution < -0.4 is 0 Å². The minimum atomic E-state index is -0.799. The van der Waals surface area contributed by atoms with E-state index in [1.807, 2.05) is 0 Å². The molecule has 1 aliphatic heterocycles. The number of amides is 1. The summed E-state index contributed by atoms with van der Waals surface area (Å²) in [7, 11) is 0. The summed E-state index contributed by atoms with van der Waals surface area (Å²) in [6.45, 7) is 5.22. The van der Waals surface area contributed by atoms with Crippen molar-refractivity contribution >= 4 is 29.8 Å². The third-order valence-corrected chi connectivity index (χ3v) is 7.62. The summed E-state index contributed by atoms with van der Waals surface area (Å²) in [5.41, 5.74) is 0.824. The summed E-state index contributed by atoms with van der Waals surface area (Å²) in [4.78, 5) is 42.9.